The van der Waals surface area contributed by atoms with Crippen LogP contribution in [0.25, 0.3) is 22.1 Å². The van der Waals surface area contributed by atoms with Gasteiger partial charge in [0.1, 0.15) is 11.3 Å². The van der Waals surface area contributed by atoms with E-state index in [1.165, 1.54) is 6.07 Å². The van der Waals surface area contributed by atoms with Gasteiger partial charge in [0.2, 0.25) is 0 Å². The molecule has 0 aliphatic carbocycles. The van der Waals surface area contributed by atoms with Gasteiger partial charge in [-0.2, -0.15) is 0 Å². The zero-order valence-electron chi connectivity index (χ0n) is 14.5. The summed E-state index contributed by atoms with van der Waals surface area (Å²) < 4.78 is 12.7. The molecule has 0 aliphatic heterocycles. The van der Waals surface area contributed by atoms with E-state index in [1.807, 2.05) is 24.3 Å². The second kappa shape index (κ2) is 6.60. The van der Waals surface area contributed by atoms with Crippen molar-refractivity contribution in [2.45, 2.75) is 13.5 Å². The Labute approximate surface area is 153 Å². The Morgan fingerprint density at radius 3 is 2.67 bits per heavy atom. The third kappa shape index (κ3) is 2.83. The van der Waals surface area contributed by atoms with Crippen LogP contribution in [0.1, 0.15) is 23.0 Å². The lowest BCUT2D eigenvalue weighted by atomic mass is 10.1. The number of para-hydroxylation sites is 2. The Hall–Kier alpha value is -3.61. The Kier molecular flexibility index (Phi) is 4.12. The summed E-state index contributed by atoms with van der Waals surface area (Å²) in [4.78, 5) is 23.4. The van der Waals surface area contributed by atoms with E-state index in [4.69, 9.17) is 9.15 Å². The van der Waals surface area contributed by atoms with Crippen LogP contribution in [0.5, 0.6) is 0 Å². The molecule has 27 heavy (non-hydrogen) atoms. The van der Waals surface area contributed by atoms with Crippen molar-refractivity contribution in [2.24, 2.45) is 0 Å². The van der Waals surface area contributed by atoms with E-state index in [-0.39, 0.29) is 18.8 Å². The van der Waals surface area contributed by atoms with Crippen LogP contribution in [-0.4, -0.2) is 22.1 Å². The van der Waals surface area contributed by atoms with Gasteiger partial charge in [0, 0.05) is 23.1 Å². The molecule has 4 rings (SSSR count). The Bertz CT molecular complexity index is 1170. The molecule has 0 spiro atoms. The van der Waals surface area contributed by atoms with E-state index in [0.29, 0.717) is 27.9 Å². The maximum atomic E-state index is 12.5. The predicted octanol–water partition coefficient (Wildman–Crippen LogP) is 4.52. The number of nitro groups is 1. The van der Waals surface area contributed by atoms with Gasteiger partial charge in [-0.3, -0.25) is 10.1 Å². The molecule has 7 heteroatoms. The number of hydrogen-bond acceptors (Lipinski definition) is 5. The number of furan rings is 1. The van der Waals surface area contributed by atoms with Gasteiger partial charge in [-0.1, -0.05) is 30.3 Å². The molecule has 0 bridgehead atoms. The molecule has 0 saturated carbocycles. The SMILES string of the molecule is CCOC(=O)c1cc2oc3ccccc3c2n1Cc1ccccc1[N+](=O)[O-]. The quantitative estimate of drug-likeness (QED) is 0.295. The van der Waals surface area contributed by atoms with Gasteiger partial charge in [0.05, 0.1) is 23.6 Å². The summed E-state index contributed by atoms with van der Waals surface area (Å²) in [5, 5.41) is 12.2. The lowest BCUT2D eigenvalue weighted by Crippen LogP contribution is -2.13. The molecule has 136 valence electrons. The lowest BCUT2D eigenvalue weighted by molar-refractivity contribution is -0.385. The monoisotopic (exact) mass is 364 g/mol. The first-order valence-corrected chi connectivity index (χ1v) is 8.50. The van der Waals surface area contributed by atoms with Crippen molar-refractivity contribution >= 4 is 33.7 Å². The molecule has 2 aromatic heterocycles. The van der Waals surface area contributed by atoms with Gasteiger partial charge in [-0.05, 0) is 19.1 Å². The van der Waals surface area contributed by atoms with Gasteiger partial charge in [0.25, 0.3) is 5.69 Å². The Morgan fingerprint density at radius 2 is 1.89 bits per heavy atom. The molecule has 0 amide bonds. The lowest BCUT2D eigenvalue weighted by Gasteiger charge is -2.10. The summed E-state index contributed by atoms with van der Waals surface area (Å²) in [7, 11) is 0. The Morgan fingerprint density at radius 1 is 1.15 bits per heavy atom. The minimum Gasteiger partial charge on any atom is -0.461 e. The number of aromatic nitrogens is 1. The smallest absolute Gasteiger partial charge is 0.355 e. The fourth-order valence-electron chi connectivity index (χ4n) is 3.28. The minimum atomic E-state index is -0.494. The average Bonchev–Trinajstić information content (AvgIpc) is 3.19. The molecule has 0 atom stereocenters. The first-order chi connectivity index (χ1) is 13.1. The zero-order valence-corrected chi connectivity index (χ0v) is 14.5. The van der Waals surface area contributed by atoms with E-state index in [2.05, 4.69) is 0 Å². The molecule has 0 radical (unpaired) electrons. The van der Waals surface area contributed by atoms with Gasteiger partial charge >= 0.3 is 5.97 Å². The molecular formula is C20H16N2O5. The normalized spacial score (nSPS) is 11.1. The molecule has 0 N–H and O–H groups in total. The fraction of sp³-hybridized carbons (Fsp3) is 0.150. The number of nitro benzene ring substituents is 1. The van der Waals surface area contributed by atoms with Gasteiger partial charge < -0.3 is 13.7 Å². The molecule has 4 aromatic rings. The number of nitrogens with zero attached hydrogens (tertiary/aromatic N) is 2. The van der Waals surface area contributed by atoms with Crippen molar-refractivity contribution in [3.63, 3.8) is 0 Å². The Balaban J connectivity index is 1.95. The van der Waals surface area contributed by atoms with Crippen LogP contribution < -0.4 is 0 Å². The van der Waals surface area contributed by atoms with Crippen molar-refractivity contribution in [1.82, 2.24) is 4.57 Å². The summed E-state index contributed by atoms with van der Waals surface area (Å²) in [5.41, 5.74) is 2.74. The molecule has 0 aliphatic rings. The van der Waals surface area contributed by atoms with Crippen LogP contribution >= 0.6 is 0 Å². The highest BCUT2D eigenvalue weighted by Gasteiger charge is 2.23. The summed E-state index contributed by atoms with van der Waals surface area (Å²) in [5.74, 6) is -0.494. The van der Waals surface area contributed by atoms with Gasteiger partial charge in [0.15, 0.2) is 5.58 Å². The second-order valence-corrected chi connectivity index (χ2v) is 6.03. The molecule has 0 unspecified atom stereocenters. The largest absolute Gasteiger partial charge is 0.461 e. The minimum absolute atomic E-state index is 0.00181. The third-order valence-corrected chi connectivity index (χ3v) is 4.43. The first kappa shape index (κ1) is 16.8. The van der Waals surface area contributed by atoms with Crippen molar-refractivity contribution in [3.8, 4) is 0 Å². The average molecular weight is 364 g/mol. The summed E-state index contributed by atoms with van der Waals surface area (Å²) >= 11 is 0. The van der Waals surface area contributed by atoms with E-state index < -0.39 is 10.9 Å². The number of carbonyl (C=O) groups excluding carboxylic acids is 1. The van der Waals surface area contributed by atoms with E-state index in [9.17, 15) is 14.9 Å². The fourth-order valence-corrected chi connectivity index (χ4v) is 3.28. The maximum absolute atomic E-state index is 12.5. The number of ether oxygens (including phenoxy) is 1. The predicted molar refractivity (Wildman–Crippen MR) is 99.9 cm³/mol. The van der Waals surface area contributed by atoms with Crippen LogP contribution in [-0.2, 0) is 11.3 Å². The number of fused-ring (bicyclic) bond motifs is 3. The van der Waals surface area contributed by atoms with Crippen LogP contribution in [0.15, 0.2) is 59.0 Å². The zero-order chi connectivity index (χ0) is 19.0. The van der Waals surface area contributed by atoms with Crippen molar-refractivity contribution < 1.29 is 18.9 Å². The van der Waals surface area contributed by atoms with Crippen LogP contribution in [0.2, 0.25) is 0 Å². The highest BCUT2D eigenvalue weighted by molar-refractivity contribution is 6.06. The molecule has 2 aromatic carbocycles. The summed E-state index contributed by atoms with van der Waals surface area (Å²) in [6.45, 7) is 2.11. The molecule has 0 fully saturated rings. The molecule has 0 saturated heterocycles. The highest BCUT2D eigenvalue weighted by Crippen LogP contribution is 2.33. The van der Waals surface area contributed by atoms with E-state index in [1.54, 1.807) is 35.8 Å². The van der Waals surface area contributed by atoms with Crippen molar-refractivity contribution in [2.75, 3.05) is 6.61 Å². The van der Waals surface area contributed by atoms with Crippen LogP contribution in [0.4, 0.5) is 5.69 Å². The van der Waals surface area contributed by atoms with Crippen molar-refractivity contribution in [3.05, 3.63) is 76.0 Å². The third-order valence-electron chi connectivity index (χ3n) is 4.43. The molecular weight excluding hydrogens is 348 g/mol. The highest BCUT2D eigenvalue weighted by atomic mass is 16.6. The number of rotatable bonds is 5. The number of benzene rings is 2. The number of hydrogen-bond donors (Lipinski definition) is 0. The molecule has 7 nitrogen and oxygen atoms in total. The van der Waals surface area contributed by atoms with E-state index >= 15 is 0 Å². The first-order valence-electron chi connectivity index (χ1n) is 8.50. The maximum Gasteiger partial charge on any atom is 0.355 e. The standard InChI is InChI=1S/C20H16N2O5/c1-2-26-20(23)16-11-18-19(14-8-4-6-10-17(14)27-18)21(16)12-13-7-3-5-9-15(13)22(24)25/h3-11H,2,12H2,1H3. The number of carbonyl (C=O) groups is 1. The topological polar surface area (TPSA) is 87.5 Å². The van der Waals surface area contributed by atoms with Crippen LogP contribution in [0.3, 0.4) is 0 Å². The second-order valence-electron chi connectivity index (χ2n) is 6.03. The van der Waals surface area contributed by atoms with Crippen LogP contribution in [0, 0.1) is 10.1 Å². The number of esters is 1. The summed E-state index contributed by atoms with van der Waals surface area (Å²) in [6, 6.07) is 15.6. The van der Waals surface area contributed by atoms with Gasteiger partial charge in [-0.15, -0.1) is 0 Å². The summed E-state index contributed by atoms with van der Waals surface area (Å²) in [6.07, 6.45) is 0. The van der Waals surface area contributed by atoms with E-state index in [0.717, 1.165) is 5.39 Å². The van der Waals surface area contributed by atoms with Gasteiger partial charge in [-0.25, -0.2) is 4.79 Å². The molecule has 2 heterocycles. The van der Waals surface area contributed by atoms with Crippen molar-refractivity contribution in [1.29, 1.82) is 0 Å².